The Morgan fingerprint density at radius 3 is 2.59 bits per heavy atom. The predicted octanol–water partition coefficient (Wildman–Crippen LogP) is 2.44. The van der Waals surface area contributed by atoms with Crippen LogP contribution in [0.3, 0.4) is 0 Å². The van der Waals surface area contributed by atoms with Crippen LogP contribution in [0.4, 0.5) is 5.69 Å². The molecule has 1 heterocycles. The summed E-state index contributed by atoms with van der Waals surface area (Å²) >= 11 is 0. The number of rotatable bonds is 7. The van der Waals surface area contributed by atoms with Gasteiger partial charge < -0.3 is 9.64 Å². The Labute approximate surface area is 160 Å². The maximum absolute atomic E-state index is 12.7. The number of benzene rings is 2. The molecule has 0 N–H and O–H groups in total. The fraction of sp³-hybridized carbons (Fsp3) is 0.350. The van der Waals surface area contributed by atoms with Gasteiger partial charge in [-0.1, -0.05) is 36.4 Å². The van der Waals surface area contributed by atoms with Crippen LogP contribution in [0.25, 0.3) is 0 Å². The Kier molecular flexibility index (Phi) is 5.82. The molecule has 6 nitrogen and oxygen atoms in total. The lowest BCUT2D eigenvalue weighted by Gasteiger charge is -2.23. The Bertz CT molecular complexity index is 927. The monoisotopic (exact) mass is 388 g/mol. The summed E-state index contributed by atoms with van der Waals surface area (Å²) in [5, 5.41) is 0. The van der Waals surface area contributed by atoms with Crippen LogP contribution < -0.4 is 9.64 Å². The summed E-state index contributed by atoms with van der Waals surface area (Å²) in [6.45, 7) is 0.949. The van der Waals surface area contributed by atoms with Crippen LogP contribution in [0.1, 0.15) is 17.5 Å². The van der Waals surface area contributed by atoms with Gasteiger partial charge in [-0.25, -0.2) is 8.42 Å². The van der Waals surface area contributed by atoms with Crippen LogP contribution in [-0.4, -0.2) is 45.1 Å². The van der Waals surface area contributed by atoms with Crippen LogP contribution in [0.15, 0.2) is 48.5 Å². The zero-order chi connectivity index (χ0) is 19.4. The Balaban J connectivity index is 1.70. The Morgan fingerprint density at radius 2 is 1.85 bits per heavy atom. The van der Waals surface area contributed by atoms with Gasteiger partial charge in [-0.15, -0.1) is 0 Å². The SMILES string of the molecule is COc1ccccc1CN(CCC(=O)N1CCc2ccccc21)S(C)(=O)=O. The third-order valence-corrected chi connectivity index (χ3v) is 6.02. The molecule has 27 heavy (non-hydrogen) atoms. The standard InChI is InChI=1S/C20H24N2O4S/c1-26-19-10-6-4-8-17(19)15-21(27(2,24)25)13-12-20(23)22-14-11-16-7-3-5-9-18(16)22/h3-10H,11-15H2,1-2H3. The van der Waals surface area contributed by atoms with Crippen molar-refractivity contribution >= 4 is 21.6 Å². The van der Waals surface area contributed by atoms with E-state index in [4.69, 9.17) is 4.74 Å². The zero-order valence-corrected chi connectivity index (χ0v) is 16.4. The van der Waals surface area contributed by atoms with Crippen molar-refractivity contribution in [3.63, 3.8) is 0 Å². The van der Waals surface area contributed by atoms with Gasteiger partial charge in [0.05, 0.1) is 13.4 Å². The molecule has 3 rings (SSSR count). The summed E-state index contributed by atoms with van der Waals surface area (Å²) in [6, 6.07) is 15.1. The molecule has 0 spiro atoms. The van der Waals surface area contributed by atoms with Gasteiger partial charge in [-0.05, 0) is 24.1 Å². The van der Waals surface area contributed by atoms with Gasteiger partial charge in [-0.2, -0.15) is 4.31 Å². The second-order valence-corrected chi connectivity index (χ2v) is 8.56. The molecule has 0 atom stereocenters. The van der Waals surface area contributed by atoms with Crippen LogP contribution in [-0.2, 0) is 27.8 Å². The highest BCUT2D eigenvalue weighted by molar-refractivity contribution is 7.88. The molecule has 1 amide bonds. The lowest BCUT2D eigenvalue weighted by molar-refractivity contribution is -0.118. The van der Waals surface area contributed by atoms with Crippen LogP contribution in [0.5, 0.6) is 5.75 Å². The van der Waals surface area contributed by atoms with Crippen molar-refractivity contribution < 1.29 is 17.9 Å². The number of fused-ring (bicyclic) bond motifs is 1. The first-order chi connectivity index (χ1) is 12.9. The topological polar surface area (TPSA) is 66.9 Å². The first-order valence-corrected chi connectivity index (χ1v) is 10.7. The van der Waals surface area contributed by atoms with Crippen molar-refractivity contribution in [3.05, 3.63) is 59.7 Å². The summed E-state index contributed by atoms with van der Waals surface area (Å²) in [6.07, 6.45) is 2.13. The molecule has 7 heteroatoms. The van der Waals surface area contributed by atoms with Crippen molar-refractivity contribution in [2.75, 3.05) is 31.4 Å². The van der Waals surface area contributed by atoms with E-state index in [9.17, 15) is 13.2 Å². The van der Waals surface area contributed by atoms with Crippen LogP contribution in [0, 0.1) is 0 Å². The fourth-order valence-corrected chi connectivity index (χ4v) is 4.13. The lowest BCUT2D eigenvalue weighted by Crippen LogP contribution is -2.36. The van der Waals surface area contributed by atoms with E-state index >= 15 is 0 Å². The molecular weight excluding hydrogens is 364 g/mol. The van der Waals surface area contributed by atoms with E-state index in [2.05, 4.69) is 0 Å². The van der Waals surface area contributed by atoms with Gasteiger partial charge in [0.25, 0.3) is 0 Å². The first-order valence-electron chi connectivity index (χ1n) is 8.85. The highest BCUT2D eigenvalue weighted by Crippen LogP contribution is 2.28. The molecule has 2 aromatic rings. The van der Waals surface area contributed by atoms with Crippen LogP contribution in [0.2, 0.25) is 0 Å². The molecular formula is C20H24N2O4S. The Morgan fingerprint density at radius 1 is 1.15 bits per heavy atom. The number of methoxy groups -OCH3 is 1. The molecule has 2 aromatic carbocycles. The van der Waals surface area contributed by atoms with Crippen molar-refractivity contribution in [3.8, 4) is 5.75 Å². The number of sulfonamides is 1. The van der Waals surface area contributed by atoms with E-state index < -0.39 is 10.0 Å². The quantitative estimate of drug-likeness (QED) is 0.731. The lowest BCUT2D eigenvalue weighted by atomic mass is 10.2. The number of carbonyl (C=O) groups excluding carboxylic acids is 1. The number of hydrogen-bond acceptors (Lipinski definition) is 4. The van der Waals surface area contributed by atoms with E-state index in [1.54, 1.807) is 18.1 Å². The number of ether oxygens (including phenoxy) is 1. The maximum Gasteiger partial charge on any atom is 0.228 e. The molecule has 0 unspecified atom stereocenters. The average molecular weight is 388 g/mol. The number of carbonyl (C=O) groups is 1. The van der Waals surface area contributed by atoms with Crippen molar-refractivity contribution in [1.29, 1.82) is 0 Å². The number of amides is 1. The molecule has 1 aliphatic heterocycles. The summed E-state index contributed by atoms with van der Waals surface area (Å²) in [4.78, 5) is 14.4. The average Bonchev–Trinajstić information content (AvgIpc) is 3.08. The third kappa shape index (κ3) is 4.48. The van der Waals surface area contributed by atoms with Gasteiger partial charge in [0, 0.05) is 37.3 Å². The second-order valence-electron chi connectivity index (χ2n) is 6.58. The molecule has 0 saturated heterocycles. The molecule has 0 saturated carbocycles. The summed E-state index contributed by atoms with van der Waals surface area (Å²) in [5.74, 6) is 0.569. The van der Waals surface area contributed by atoms with Gasteiger partial charge in [0.2, 0.25) is 15.9 Å². The van der Waals surface area contributed by atoms with Gasteiger partial charge in [-0.3, -0.25) is 4.79 Å². The Hall–Kier alpha value is -2.38. The van der Waals surface area contributed by atoms with Crippen LogP contribution >= 0.6 is 0 Å². The number of nitrogens with zero attached hydrogens (tertiary/aromatic N) is 2. The maximum atomic E-state index is 12.7. The number of para-hydroxylation sites is 2. The van der Waals surface area contributed by atoms with E-state index in [1.165, 1.54) is 4.31 Å². The van der Waals surface area contributed by atoms with Gasteiger partial charge in [0.15, 0.2) is 0 Å². The predicted molar refractivity (Wildman–Crippen MR) is 105 cm³/mol. The van der Waals surface area contributed by atoms with Crippen molar-refractivity contribution in [1.82, 2.24) is 4.31 Å². The number of hydrogen-bond donors (Lipinski definition) is 0. The molecule has 0 aliphatic carbocycles. The molecule has 0 aromatic heterocycles. The fourth-order valence-electron chi connectivity index (χ4n) is 3.34. The van der Waals surface area contributed by atoms with Crippen molar-refractivity contribution in [2.24, 2.45) is 0 Å². The second kappa shape index (κ2) is 8.10. The molecule has 1 aliphatic rings. The minimum absolute atomic E-state index is 0.0615. The third-order valence-electron chi connectivity index (χ3n) is 4.77. The summed E-state index contributed by atoms with van der Waals surface area (Å²) in [5.41, 5.74) is 2.85. The zero-order valence-electron chi connectivity index (χ0n) is 15.6. The smallest absolute Gasteiger partial charge is 0.228 e. The first kappa shape index (κ1) is 19.4. The minimum Gasteiger partial charge on any atom is -0.496 e. The molecule has 0 fully saturated rings. The minimum atomic E-state index is -3.46. The molecule has 0 bridgehead atoms. The molecule has 144 valence electrons. The van der Waals surface area contributed by atoms with Gasteiger partial charge >= 0.3 is 0 Å². The van der Waals surface area contributed by atoms with E-state index in [0.29, 0.717) is 12.3 Å². The van der Waals surface area contributed by atoms with E-state index in [0.717, 1.165) is 29.5 Å². The number of anilines is 1. The highest BCUT2D eigenvalue weighted by Gasteiger charge is 2.26. The highest BCUT2D eigenvalue weighted by atomic mass is 32.2. The van der Waals surface area contributed by atoms with Crippen molar-refractivity contribution in [2.45, 2.75) is 19.4 Å². The van der Waals surface area contributed by atoms with E-state index in [1.807, 2.05) is 42.5 Å². The van der Waals surface area contributed by atoms with Gasteiger partial charge in [0.1, 0.15) is 5.75 Å². The normalized spacial score (nSPS) is 13.7. The largest absolute Gasteiger partial charge is 0.496 e. The van der Waals surface area contributed by atoms with E-state index in [-0.39, 0.29) is 25.4 Å². The summed E-state index contributed by atoms with van der Waals surface area (Å²) < 4.78 is 31.1. The summed E-state index contributed by atoms with van der Waals surface area (Å²) in [7, 11) is -1.91. The molecule has 0 radical (unpaired) electrons.